The third kappa shape index (κ3) is 5.65. The molecular weight excluding hydrogens is 316 g/mol. The molecule has 1 aromatic rings. The van der Waals surface area contributed by atoms with Crippen LogP contribution in [0, 0.1) is 5.92 Å². The average molecular weight is 341 g/mol. The Hall–Kier alpha value is -1.01. The van der Waals surface area contributed by atoms with Crippen molar-refractivity contribution in [2.24, 2.45) is 5.92 Å². The molecule has 0 unspecified atom stereocenters. The van der Waals surface area contributed by atoms with E-state index in [4.69, 9.17) is 0 Å². The van der Waals surface area contributed by atoms with Crippen LogP contribution in [0.25, 0.3) is 0 Å². The molecule has 122 valence electrons. The Morgan fingerprint density at radius 1 is 1.41 bits per heavy atom. The highest BCUT2D eigenvalue weighted by molar-refractivity contribution is 7.98. The molecule has 2 rings (SSSR count). The molecule has 1 saturated carbocycles. The van der Waals surface area contributed by atoms with E-state index in [-0.39, 0.29) is 17.7 Å². The highest BCUT2D eigenvalue weighted by Gasteiger charge is 2.25. The molecule has 0 aliphatic heterocycles. The lowest BCUT2D eigenvalue weighted by atomic mass is 10.1. The summed E-state index contributed by atoms with van der Waals surface area (Å²) in [5.41, 5.74) is 0. The Morgan fingerprint density at radius 3 is 2.86 bits per heavy atom. The summed E-state index contributed by atoms with van der Waals surface area (Å²) in [6, 6.07) is 3.73. The Kier molecular flexibility index (Phi) is 7.25. The van der Waals surface area contributed by atoms with Crippen molar-refractivity contribution < 1.29 is 9.59 Å². The number of nitrogens with one attached hydrogen (secondary N) is 2. The van der Waals surface area contributed by atoms with Crippen LogP contribution >= 0.6 is 23.1 Å². The summed E-state index contributed by atoms with van der Waals surface area (Å²) in [5, 5.41) is 7.79. The van der Waals surface area contributed by atoms with Gasteiger partial charge in [0.2, 0.25) is 11.8 Å². The average Bonchev–Trinajstić information content (AvgIpc) is 3.19. The van der Waals surface area contributed by atoms with Crippen LogP contribution in [0.5, 0.6) is 0 Å². The third-order valence-corrected chi connectivity index (χ3v) is 5.92. The van der Waals surface area contributed by atoms with Crippen LogP contribution in [-0.4, -0.2) is 30.2 Å². The van der Waals surface area contributed by atoms with E-state index in [1.165, 1.54) is 4.88 Å². The number of thiophene rings is 1. The predicted molar refractivity (Wildman–Crippen MR) is 93.1 cm³/mol. The van der Waals surface area contributed by atoms with E-state index in [9.17, 15) is 9.59 Å². The standard InChI is InChI=1S/C16H24N2O2S2/c1-12(18-16(20)13-5-2-3-6-13)15(19)17-8-10-21-11-14-7-4-9-22-14/h4,7,9,12-13H,2-3,5-6,8,10-11H2,1H3,(H,17,19)(H,18,20)/t12-/m1/s1. The zero-order valence-electron chi connectivity index (χ0n) is 13.0. The van der Waals surface area contributed by atoms with E-state index in [0.29, 0.717) is 6.54 Å². The first-order valence-corrected chi connectivity index (χ1v) is 9.88. The molecule has 0 bridgehead atoms. The quantitative estimate of drug-likeness (QED) is 0.716. The number of hydrogen-bond acceptors (Lipinski definition) is 4. The smallest absolute Gasteiger partial charge is 0.242 e. The van der Waals surface area contributed by atoms with Crippen LogP contribution in [0.1, 0.15) is 37.5 Å². The van der Waals surface area contributed by atoms with E-state index >= 15 is 0 Å². The molecule has 0 aromatic carbocycles. The molecule has 1 atom stereocenters. The van der Waals surface area contributed by atoms with Crippen LogP contribution in [0.3, 0.4) is 0 Å². The summed E-state index contributed by atoms with van der Waals surface area (Å²) >= 11 is 3.56. The van der Waals surface area contributed by atoms with Gasteiger partial charge >= 0.3 is 0 Å². The maximum atomic E-state index is 12.0. The SMILES string of the molecule is C[C@@H](NC(=O)C1CCCC1)C(=O)NCCSCc1cccs1. The van der Waals surface area contributed by atoms with Crippen molar-refractivity contribution in [1.29, 1.82) is 0 Å². The fraction of sp³-hybridized carbons (Fsp3) is 0.625. The second-order valence-corrected chi connectivity index (χ2v) is 7.77. The van der Waals surface area contributed by atoms with E-state index in [1.807, 2.05) is 11.8 Å². The number of amides is 2. The van der Waals surface area contributed by atoms with Gasteiger partial charge in [-0.05, 0) is 31.2 Å². The summed E-state index contributed by atoms with van der Waals surface area (Å²) in [5.74, 6) is 1.92. The Morgan fingerprint density at radius 2 is 2.18 bits per heavy atom. The van der Waals surface area contributed by atoms with Gasteiger partial charge in [-0.2, -0.15) is 11.8 Å². The second-order valence-electron chi connectivity index (χ2n) is 5.63. The third-order valence-electron chi connectivity index (χ3n) is 3.85. The number of carbonyl (C=O) groups is 2. The minimum atomic E-state index is -0.449. The van der Waals surface area contributed by atoms with Crippen LogP contribution in [0.4, 0.5) is 0 Å². The lowest BCUT2D eigenvalue weighted by molar-refractivity contribution is -0.130. The maximum absolute atomic E-state index is 12.0. The molecule has 0 spiro atoms. The summed E-state index contributed by atoms with van der Waals surface area (Å²) in [7, 11) is 0. The van der Waals surface area contributed by atoms with Gasteiger partial charge in [-0.15, -0.1) is 11.3 Å². The highest BCUT2D eigenvalue weighted by atomic mass is 32.2. The van der Waals surface area contributed by atoms with Crippen molar-refractivity contribution >= 4 is 34.9 Å². The Labute approximate surface area is 140 Å². The second kappa shape index (κ2) is 9.20. The van der Waals surface area contributed by atoms with Crippen LogP contribution in [-0.2, 0) is 15.3 Å². The van der Waals surface area contributed by atoms with E-state index in [2.05, 4.69) is 28.1 Å². The molecule has 0 saturated heterocycles. The fourth-order valence-electron chi connectivity index (χ4n) is 2.55. The molecule has 1 fully saturated rings. The minimum Gasteiger partial charge on any atom is -0.353 e. The first-order chi connectivity index (χ1) is 10.7. The zero-order valence-corrected chi connectivity index (χ0v) is 14.6. The fourth-order valence-corrected chi connectivity index (χ4v) is 4.25. The lowest BCUT2D eigenvalue weighted by Gasteiger charge is -2.16. The lowest BCUT2D eigenvalue weighted by Crippen LogP contribution is -2.46. The van der Waals surface area contributed by atoms with Crippen molar-refractivity contribution in [3.05, 3.63) is 22.4 Å². The number of hydrogen-bond donors (Lipinski definition) is 2. The first kappa shape index (κ1) is 17.3. The van der Waals surface area contributed by atoms with Gasteiger partial charge in [-0.3, -0.25) is 9.59 Å². The van der Waals surface area contributed by atoms with Crippen LogP contribution in [0.15, 0.2) is 17.5 Å². The maximum Gasteiger partial charge on any atom is 0.242 e. The monoisotopic (exact) mass is 340 g/mol. The molecular formula is C16H24N2O2S2. The van der Waals surface area contributed by atoms with Crippen molar-refractivity contribution in [2.75, 3.05) is 12.3 Å². The molecule has 1 aliphatic rings. The van der Waals surface area contributed by atoms with Crippen LogP contribution in [0.2, 0.25) is 0 Å². The minimum absolute atomic E-state index is 0.0345. The molecule has 0 radical (unpaired) electrons. The molecule has 22 heavy (non-hydrogen) atoms. The van der Waals surface area contributed by atoms with Gasteiger partial charge in [0.05, 0.1) is 0 Å². The summed E-state index contributed by atoms with van der Waals surface area (Å²) < 4.78 is 0. The van der Waals surface area contributed by atoms with Crippen molar-refractivity contribution in [2.45, 2.75) is 44.4 Å². The van der Waals surface area contributed by atoms with Gasteiger partial charge < -0.3 is 10.6 Å². The van der Waals surface area contributed by atoms with Gasteiger partial charge in [0, 0.05) is 28.8 Å². The van der Waals surface area contributed by atoms with Gasteiger partial charge in [0.15, 0.2) is 0 Å². The first-order valence-electron chi connectivity index (χ1n) is 7.85. The van der Waals surface area contributed by atoms with Crippen molar-refractivity contribution in [3.8, 4) is 0 Å². The normalized spacial score (nSPS) is 16.4. The highest BCUT2D eigenvalue weighted by Crippen LogP contribution is 2.24. The molecule has 4 nitrogen and oxygen atoms in total. The van der Waals surface area contributed by atoms with E-state index in [0.717, 1.165) is 37.2 Å². The van der Waals surface area contributed by atoms with E-state index < -0.39 is 6.04 Å². The molecule has 1 heterocycles. The van der Waals surface area contributed by atoms with Gasteiger partial charge in [0.25, 0.3) is 0 Å². The molecule has 6 heteroatoms. The molecule has 2 amide bonds. The van der Waals surface area contributed by atoms with Crippen molar-refractivity contribution in [3.63, 3.8) is 0 Å². The zero-order chi connectivity index (χ0) is 15.8. The molecule has 1 aromatic heterocycles. The largest absolute Gasteiger partial charge is 0.353 e. The summed E-state index contributed by atoms with van der Waals surface area (Å²) in [4.78, 5) is 25.3. The summed E-state index contributed by atoms with van der Waals surface area (Å²) in [6.45, 7) is 2.39. The Balaban J connectivity index is 1.56. The predicted octanol–water partition coefficient (Wildman–Crippen LogP) is 2.79. The number of thioether (sulfide) groups is 1. The molecule has 1 aliphatic carbocycles. The Bertz CT molecular complexity index is 471. The van der Waals surface area contributed by atoms with E-state index in [1.54, 1.807) is 18.3 Å². The van der Waals surface area contributed by atoms with Gasteiger partial charge in [0.1, 0.15) is 6.04 Å². The van der Waals surface area contributed by atoms with Gasteiger partial charge in [-0.25, -0.2) is 0 Å². The van der Waals surface area contributed by atoms with Gasteiger partial charge in [-0.1, -0.05) is 18.9 Å². The van der Waals surface area contributed by atoms with Crippen LogP contribution < -0.4 is 10.6 Å². The summed E-state index contributed by atoms with van der Waals surface area (Å²) in [6.07, 6.45) is 4.17. The topological polar surface area (TPSA) is 58.2 Å². The van der Waals surface area contributed by atoms with Crippen molar-refractivity contribution in [1.82, 2.24) is 10.6 Å². The number of rotatable bonds is 8. The number of carbonyl (C=O) groups excluding carboxylic acids is 2. The molecule has 2 N–H and O–H groups in total.